The molecule has 0 aliphatic carbocycles. The first-order valence-corrected chi connectivity index (χ1v) is 9.00. The summed E-state index contributed by atoms with van der Waals surface area (Å²) in [5.41, 5.74) is 0. The molecule has 0 saturated carbocycles. The van der Waals surface area contributed by atoms with Crippen LogP contribution in [0.2, 0.25) is 0 Å². The minimum Gasteiger partial charge on any atom is -0.780 e. The fourth-order valence-electron chi connectivity index (χ4n) is 0. The van der Waals surface area contributed by atoms with Crippen molar-refractivity contribution in [3.8, 4) is 0 Å². The summed E-state index contributed by atoms with van der Waals surface area (Å²) in [6.45, 7) is 0. The van der Waals surface area contributed by atoms with Gasteiger partial charge in [-0.25, -0.2) is 0 Å². The first-order chi connectivity index (χ1) is 6.00. The maximum absolute atomic E-state index is 8.89. The van der Waals surface area contributed by atoms with Crippen molar-refractivity contribution in [3.63, 3.8) is 0 Å². The molecule has 0 aliphatic heterocycles. The Morgan fingerprint density at radius 1 is 0.529 bits per heavy atom. The fraction of sp³-hybridized carbons (Fsp3) is 0. The van der Waals surface area contributed by atoms with Crippen LogP contribution < -0.4 is 0 Å². The zero-order chi connectivity index (χ0) is 13.5. The van der Waals surface area contributed by atoms with Crippen molar-refractivity contribution in [1.29, 1.82) is 0 Å². The molecule has 0 aromatic rings. The predicted molar refractivity (Wildman–Crippen MR) is 51.2 cm³/mol. The first-order valence-electron chi connectivity index (χ1n) is 2.00. The third-order valence-corrected chi connectivity index (χ3v) is 0. The molecule has 0 N–H and O–H groups in total. The van der Waals surface area contributed by atoms with Gasteiger partial charge >= 0.3 is 40.2 Å². The SMILES string of the molecule is O=S([O-])([O-])=S.O=S([O-])([O-])=S.O=S([O-])([O-])=S.[Ir+3].[Ir+3]. The van der Waals surface area contributed by atoms with Crippen molar-refractivity contribution in [2.75, 3.05) is 0 Å². The van der Waals surface area contributed by atoms with Crippen molar-refractivity contribution in [2.45, 2.75) is 0 Å². The molecule has 0 fully saturated rings. The van der Waals surface area contributed by atoms with Gasteiger partial charge < -0.3 is 27.3 Å². The Hall–Kier alpha value is 2.17. The molecule has 0 rings (SSSR count). The van der Waals surface area contributed by atoms with Gasteiger partial charge in [0.25, 0.3) is 0 Å². The molecule has 17 heteroatoms. The van der Waals surface area contributed by atoms with Crippen molar-refractivity contribution >= 4 is 60.7 Å². The third kappa shape index (κ3) is 1010. The molecule has 0 bridgehead atoms. The molecule has 0 unspecified atom stereocenters. The second-order valence-corrected chi connectivity index (χ2v) is 7.35. The monoisotopic (exact) mass is 722 g/mol. The van der Waals surface area contributed by atoms with E-state index in [0.717, 1.165) is 0 Å². The molecule has 0 amide bonds. The molecule has 0 heterocycles. The minimum absolute atomic E-state index is 0. The van der Waals surface area contributed by atoms with E-state index < -0.39 is 27.2 Å². The van der Waals surface area contributed by atoms with Gasteiger partial charge in [0.1, 0.15) is 0 Å². The molecular formula is Ir2O9S6. The maximum Gasteiger partial charge on any atom is 3.00 e. The van der Waals surface area contributed by atoms with Crippen LogP contribution in [0.3, 0.4) is 0 Å². The quantitative estimate of drug-likeness (QED) is 0.247. The van der Waals surface area contributed by atoms with Gasteiger partial charge in [-0.05, 0) is 33.6 Å². The average molecular weight is 721 g/mol. The maximum atomic E-state index is 8.89. The molecule has 0 aromatic heterocycles. The van der Waals surface area contributed by atoms with Gasteiger partial charge in [0.05, 0.1) is 0 Å². The van der Waals surface area contributed by atoms with Crippen LogP contribution >= 0.6 is 0 Å². The zero-order valence-electron chi connectivity index (χ0n) is 6.79. The van der Waals surface area contributed by atoms with Gasteiger partial charge in [-0.2, -0.15) is 0 Å². The molecule has 0 aliphatic rings. The Labute approximate surface area is 139 Å². The van der Waals surface area contributed by atoms with Crippen molar-refractivity contribution in [3.05, 3.63) is 0 Å². The van der Waals surface area contributed by atoms with E-state index in [4.69, 9.17) is 39.9 Å². The Morgan fingerprint density at radius 2 is 0.529 bits per heavy atom. The van der Waals surface area contributed by atoms with Crippen molar-refractivity contribution < 1.29 is 80.2 Å². The molecule has 17 heavy (non-hydrogen) atoms. The van der Waals surface area contributed by atoms with Gasteiger partial charge in [0, 0.05) is 0 Å². The van der Waals surface area contributed by atoms with E-state index in [1.54, 1.807) is 0 Å². The van der Waals surface area contributed by atoms with Crippen LogP contribution in [-0.2, 0) is 101 Å². The topological polar surface area (TPSA) is 190 Å². The normalized spacial score (nSPS) is 10.2. The average Bonchev–Trinajstić information content (AvgIpc) is 1.41. The fourth-order valence-corrected chi connectivity index (χ4v) is 0. The van der Waals surface area contributed by atoms with E-state index in [9.17, 15) is 0 Å². The van der Waals surface area contributed by atoms with Gasteiger partial charge in [-0.3, -0.25) is 12.6 Å². The van der Waals surface area contributed by atoms with E-state index in [2.05, 4.69) is 33.6 Å². The second kappa shape index (κ2) is 13.2. The molecule has 0 aromatic carbocycles. The molecule has 0 saturated heterocycles. The summed E-state index contributed by atoms with van der Waals surface area (Å²) in [7, 11) is -13.0. The van der Waals surface area contributed by atoms with Gasteiger partial charge in [0.15, 0.2) is 0 Å². The predicted octanol–water partition coefficient (Wildman–Crippen LogP) is -3.02. The van der Waals surface area contributed by atoms with Crippen LogP contribution in [0.5, 0.6) is 0 Å². The second-order valence-electron chi connectivity index (χ2n) is 1.22. The summed E-state index contributed by atoms with van der Waals surface area (Å²) in [6, 6.07) is 0. The first kappa shape index (κ1) is 31.5. The Kier molecular flexibility index (Phi) is 24.4. The number of hydrogen-bond acceptors (Lipinski definition) is 12. The van der Waals surface area contributed by atoms with Crippen LogP contribution in [0.15, 0.2) is 0 Å². The summed E-state index contributed by atoms with van der Waals surface area (Å²) in [4.78, 5) is 0. The Bertz CT molecular complexity index is 344. The zero-order valence-corrected chi connectivity index (χ0v) is 16.5. The van der Waals surface area contributed by atoms with Gasteiger partial charge in [-0.1, -0.05) is 0 Å². The van der Waals surface area contributed by atoms with E-state index >= 15 is 0 Å². The van der Waals surface area contributed by atoms with E-state index in [1.165, 1.54) is 0 Å². The molecule has 9 nitrogen and oxygen atoms in total. The van der Waals surface area contributed by atoms with Crippen LogP contribution in [0.1, 0.15) is 0 Å². The van der Waals surface area contributed by atoms with Crippen molar-refractivity contribution in [2.24, 2.45) is 0 Å². The van der Waals surface area contributed by atoms with Gasteiger partial charge in [-0.15, -0.1) is 27.2 Å². The Balaban J connectivity index is -0.0000000400. The summed E-state index contributed by atoms with van der Waals surface area (Å²) in [5.74, 6) is 0. The summed E-state index contributed by atoms with van der Waals surface area (Å²) >= 11 is 9.73. The summed E-state index contributed by atoms with van der Waals surface area (Å²) in [6.07, 6.45) is 0. The third-order valence-electron chi connectivity index (χ3n) is 0. The largest absolute Gasteiger partial charge is 3.00 e. The molecular weight excluding hydrogens is 721 g/mol. The smallest absolute Gasteiger partial charge is 0.780 e. The van der Waals surface area contributed by atoms with Crippen LogP contribution in [0.25, 0.3) is 0 Å². The molecule has 0 spiro atoms. The van der Waals surface area contributed by atoms with E-state index in [1.807, 2.05) is 0 Å². The number of hydrogen-bond donors (Lipinski definition) is 0. The molecule has 0 atom stereocenters. The minimum atomic E-state index is -4.33. The van der Waals surface area contributed by atoms with Crippen LogP contribution in [0.4, 0.5) is 0 Å². The Morgan fingerprint density at radius 3 is 0.529 bits per heavy atom. The number of rotatable bonds is 0. The summed E-state index contributed by atoms with van der Waals surface area (Å²) < 4.78 is 80.0. The van der Waals surface area contributed by atoms with E-state index in [-0.39, 0.29) is 40.2 Å². The standard InChI is InChI=1S/2Ir.3H2O3S2/c;;3*1-5(2,3)4/h;;3*(H2,1,2,3,4)/q2*+3;;;/p-6. The van der Waals surface area contributed by atoms with Crippen LogP contribution in [-0.4, -0.2) is 39.9 Å². The molecule has 108 valence electrons. The van der Waals surface area contributed by atoms with Gasteiger partial charge in [0.2, 0.25) is 0 Å². The molecule has 0 radical (unpaired) electrons. The summed E-state index contributed by atoms with van der Waals surface area (Å²) in [5, 5.41) is 0. The van der Waals surface area contributed by atoms with Crippen molar-refractivity contribution in [1.82, 2.24) is 0 Å². The van der Waals surface area contributed by atoms with Crippen LogP contribution in [0, 0.1) is 0 Å². The van der Waals surface area contributed by atoms with E-state index in [0.29, 0.717) is 0 Å².